The maximum Gasteiger partial charge on any atom is 0.210 e. The van der Waals surface area contributed by atoms with Crippen molar-refractivity contribution in [2.75, 3.05) is 11.2 Å². The van der Waals surface area contributed by atoms with Crippen molar-refractivity contribution in [3.8, 4) is 0 Å². The molecule has 0 saturated carbocycles. The first kappa shape index (κ1) is 9.23. The number of nitrogens with one attached hydrogen (secondary N) is 1. The third-order valence-corrected chi connectivity index (χ3v) is 4.35. The molecule has 0 aromatic carbocycles. The summed E-state index contributed by atoms with van der Waals surface area (Å²) in [4.78, 5) is 1.36. The molecule has 1 aliphatic heterocycles. The number of hydrogen-bond donors (Lipinski definition) is 1. The van der Waals surface area contributed by atoms with Crippen molar-refractivity contribution in [3.05, 3.63) is 28.2 Å². The first-order chi connectivity index (χ1) is 7.34. The lowest BCUT2D eigenvalue weighted by molar-refractivity contribution is 0.652. The summed E-state index contributed by atoms with van der Waals surface area (Å²) < 4.78 is 1.97. The second-order valence-electron chi connectivity index (χ2n) is 3.37. The van der Waals surface area contributed by atoms with E-state index in [4.69, 9.17) is 0 Å². The molecule has 0 spiro atoms. The van der Waals surface area contributed by atoms with E-state index in [0.717, 1.165) is 16.7 Å². The zero-order chi connectivity index (χ0) is 10.3. The summed E-state index contributed by atoms with van der Waals surface area (Å²) in [5, 5.41) is 11.2. The molecular formula is C9H10N4S2. The second-order valence-corrected chi connectivity index (χ2v) is 5.34. The Balaban J connectivity index is 1.91. The summed E-state index contributed by atoms with van der Waals surface area (Å²) >= 11 is 3.53. The monoisotopic (exact) mass is 238 g/mol. The Bertz CT molecular complexity index is 462. The van der Waals surface area contributed by atoms with Crippen LogP contribution >= 0.6 is 23.1 Å². The summed E-state index contributed by atoms with van der Waals surface area (Å²) in [6.45, 7) is 1.96. The molecule has 15 heavy (non-hydrogen) atoms. The van der Waals surface area contributed by atoms with Gasteiger partial charge in [-0.25, -0.2) is 4.68 Å². The van der Waals surface area contributed by atoms with Crippen LogP contribution in [-0.4, -0.2) is 20.6 Å². The largest absolute Gasteiger partial charge is 0.313 e. The van der Waals surface area contributed by atoms with Crippen LogP contribution in [-0.2, 0) is 0 Å². The Morgan fingerprint density at radius 2 is 2.47 bits per heavy atom. The van der Waals surface area contributed by atoms with Gasteiger partial charge in [0.2, 0.25) is 5.16 Å². The average Bonchev–Trinajstić information content (AvgIpc) is 2.88. The lowest BCUT2D eigenvalue weighted by atomic mass is 10.3. The molecule has 1 atom stereocenters. The average molecular weight is 238 g/mol. The molecule has 3 rings (SSSR count). The van der Waals surface area contributed by atoms with Crippen LogP contribution < -0.4 is 5.43 Å². The van der Waals surface area contributed by atoms with Gasteiger partial charge < -0.3 is 5.43 Å². The van der Waals surface area contributed by atoms with Crippen LogP contribution in [0.1, 0.15) is 16.7 Å². The summed E-state index contributed by atoms with van der Waals surface area (Å²) in [7, 11) is 0. The highest BCUT2D eigenvalue weighted by molar-refractivity contribution is 7.99. The van der Waals surface area contributed by atoms with E-state index in [-0.39, 0.29) is 0 Å². The molecule has 4 nitrogen and oxygen atoms in total. The van der Waals surface area contributed by atoms with Gasteiger partial charge >= 0.3 is 0 Å². The van der Waals surface area contributed by atoms with Gasteiger partial charge in [-0.3, -0.25) is 0 Å². The van der Waals surface area contributed by atoms with Crippen molar-refractivity contribution in [3.63, 3.8) is 0 Å². The highest BCUT2D eigenvalue weighted by Gasteiger charge is 2.22. The fraction of sp³-hybridized carbons (Fsp3) is 0.333. The van der Waals surface area contributed by atoms with E-state index in [1.165, 1.54) is 4.88 Å². The Kier molecular flexibility index (Phi) is 2.17. The minimum Gasteiger partial charge on any atom is -0.313 e. The summed E-state index contributed by atoms with van der Waals surface area (Å²) in [6, 6.07) is 4.62. The van der Waals surface area contributed by atoms with Crippen molar-refractivity contribution in [2.24, 2.45) is 0 Å². The molecule has 3 heterocycles. The standard InChI is InChI=1S/C9H10N4S2/c1-6-10-11-9-13(6)12-7(5-15-9)8-3-2-4-14-8/h2-4,7,12H,5H2,1H3. The van der Waals surface area contributed by atoms with Crippen LogP contribution in [0.15, 0.2) is 22.7 Å². The molecule has 2 aromatic heterocycles. The van der Waals surface area contributed by atoms with E-state index in [2.05, 4.69) is 33.1 Å². The van der Waals surface area contributed by atoms with Crippen LogP contribution in [0.2, 0.25) is 0 Å². The minimum atomic E-state index is 0.372. The van der Waals surface area contributed by atoms with Gasteiger partial charge in [0.15, 0.2) is 0 Å². The van der Waals surface area contributed by atoms with E-state index in [9.17, 15) is 0 Å². The molecule has 6 heteroatoms. The van der Waals surface area contributed by atoms with Crippen molar-refractivity contribution >= 4 is 23.1 Å². The normalized spacial score (nSPS) is 19.7. The predicted octanol–water partition coefficient (Wildman–Crippen LogP) is 2.04. The number of aryl methyl sites for hydroxylation is 1. The summed E-state index contributed by atoms with van der Waals surface area (Å²) in [6.07, 6.45) is 0. The van der Waals surface area contributed by atoms with Gasteiger partial charge in [-0.15, -0.1) is 21.5 Å². The van der Waals surface area contributed by atoms with Gasteiger partial charge in [-0.05, 0) is 18.4 Å². The number of thioether (sulfide) groups is 1. The third kappa shape index (κ3) is 1.53. The number of rotatable bonds is 1. The SMILES string of the molecule is Cc1nnc2n1NC(c1cccs1)CS2. The number of nitrogens with zero attached hydrogens (tertiary/aromatic N) is 3. The smallest absolute Gasteiger partial charge is 0.210 e. The van der Waals surface area contributed by atoms with Crippen LogP contribution in [0.5, 0.6) is 0 Å². The summed E-state index contributed by atoms with van der Waals surface area (Å²) in [5.41, 5.74) is 3.43. The van der Waals surface area contributed by atoms with Crippen molar-refractivity contribution < 1.29 is 0 Å². The lowest BCUT2D eigenvalue weighted by Crippen LogP contribution is -2.27. The quantitative estimate of drug-likeness (QED) is 0.825. The number of aromatic nitrogens is 3. The van der Waals surface area contributed by atoms with E-state index in [1.54, 1.807) is 23.1 Å². The fourth-order valence-electron chi connectivity index (χ4n) is 1.57. The molecule has 0 saturated heterocycles. The zero-order valence-electron chi connectivity index (χ0n) is 8.17. The molecule has 0 bridgehead atoms. The number of fused-ring (bicyclic) bond motifs is 1. The molecular weight excluding hydrogens is 228 g/mol. The van der Waals surface area contributed by atoms with Crippen LogP contribution in [0, 0.1) is 6.92 Å². The fourth-order valence-corrected chi connectivity index (χ4v) is 3.43. The lowest BCUT2D eigenvalue weighted by Gasteiger charge is -2.24. The maximum atomic E-state index is 4.09. The topological polar surface area (TPSA) is 42.7 Å². The Hall–Kier alpha value is -1.01. The molecule has 1 aliphatic rings. The number of thiophene rings is 1. The molecule has 0 radical (unpaired) electrons. The van der Waals surface area contributed by atoms with Crippen molar-refractivity contribution in [2.45, 2.75) is 18.1 Å². The molecule has 78 valence electrons. The first-order valence-electron chi connectivity index (χ1n) is 4.69. The van der Waals surface area contributed by atoms with Crippen LogP contribution in [0.3, 0.4) is 0 Å². The van der Waals surface area contributed by atoms with E-state index in [1.807, 2.05) is 11.6 Å². The third-order valence-electron chi connectivity index (χ3n) is 2.35. The van der Waals surface area contributed by atoms with Crippen molar-refractivity contribution in [1.82, 2.24) is 14.9 Å². The van der Waals surface area contributed by atoms with Gasteiger partial charge in [0, 0.05) is 10.6 Å². The van der Waals surface area contributed by atoms with Crippen LogP contribution in [0.4, 0.5) is 0 Å². The molecule has 2 aromatic rings. The van der Waals surface area contributed by atoms with Crippen molar-refractivity contribution in [1.29, 1.82) is 0 Å². The highest BCUT2D eigenvalue weighted by atomic mass is 32.2. The van der Waals surface area contributed by atoms with E-state index in [0.29, 0.717) is 6.04 Å². The Morgan fingerprint density at radius 1 is 1.53 bits per heavy atom. The van der Waals surface area contributed by atoms with Gasteiger partial charge in [-0.1, -0.05) is 17.8 Å². The van der Waals surface area contributed by atoms with Gasteiger partial charge in [0.25, 0.3) is 0 Å². The van der Waals surface area contributed by atoms with Crippen LogP contribution in [0.25, 0.3) is 0 Å². The molecule has 0 amide bonds. The maximum absolute atomic E-state index is 4.09. The van der Waals surface area contributed by atoms with Gasteiger partial charge in [0.1, 0.15) is 5.82 Å². The Morgan fingerprint density at radius 3 is 3.27 bits per heavy atom. The second kappa shape index (κ2) is 3.53. The minimum absolute atomic E-state index is 0.372. The molecule has 1 unspecified atom stereocenters. The molecule has 0 fully saturated rings. The van der Waals surface area contributed by atoms with E-state index < -0.39 is 0 Å². The Labute approximate surface area is 95.7 Å². The zero-order valence-corrected chi connectivity index (χ0v) is 9.81. The highest BCUT2D eigenvalue weighted by Crippen LogP contribution is 2.31. The predicted molar refractivity (Wildman–Crippen MR) is 61.9 cm³/mol. The van der Waals surface area contributed by atoms with Gasteiger partial charge in [-0.2, -0.15) is 0 Å². The van der Waals surface area contributed by atoms with E-state index >= 15 is 0 Å². The van der Waals surface area contributed by atoms with Gasteiger partial charge in [0.05, 0.1) is 6.04 Å². The summed E-state index contributed by atoms with van der Waals surface area (Å²) in [5.74, 6) is 1.93. The number of hydrogen-bond acceptors (Lipinski definition) is 5. The molecule has 1 N–H and O–H groups in total. The molecule has 0 aliphatic carbocycles. The first-order valence-corrected chi connectivity index (χ1v) is 6.56.